The van der Waals surface area contributed by atoms with Crippen molar-refractivity contribution in [3.05, 3.63) is 34.4 Å². The van der Waals surface area contributed by atoms with Gasteiger partial charge < -0.3 is 35.6 Å². The maximum atomic E-state index is 13.4. The molecule has 0 aliphatic carbocycles. The first-order chi connectivity index (χ1) is 25.8. The SMILES string of the molecule is CC(C)N(CC(=O)[C@@H]1CCCN1C(=O)[C@H](C)NC(=O)[C@H](C)NC(=O)CCC(=O)NCCCCCCNC(=O)OC(C)(C)C)C(=O)Oc1ccc([N+](=O)[O-])cc1. The molecule has 1 aliphatic rings. The van der Waals surface area contributed by atoms with Crippen molar-refractivity contribution >= 4 is 47.3 Å². The summed E-state index contributed by atoms with van der Waals surface area (Å²) in [5, 5.41) is 21.5. The van der Waals surface area contributed by atoms with E-state index in [1.54, 1.807) is 34.6 Å². The molecule has 18 heteroatoms. The predicted octanol–water partition coefficient (Wildman–Crippen LogP) is 3.36. The van der Waals surface area contributed by atoms with Gasteiger partial charge in [-0.15, -0.1) is 0 Å². The third-order valence-corrected chi connectivity index (χ3v) is 8.52. The van der Waals surface area contributed by atoms with Gasteiger partial charge in [-0.2, -0.15) is 0 Å². The van der Waals surface area contributed by atoms with Crippen LogP contribution < -0.4 is 26.0 Å². The molecule has 2 rings (SSSR count). The van der Waals surface area contributed by atoms with Gasteiger partial charge in [-0.1, -0.05) is 12.8 Å². The van der Waals surface area contributed by atoms with Crippen LogP contribution in [-0.2, 0) is 28.7 Å². The van der Waals surface area contributed by atoms with Gasteiger partial charge in [-0.05, 0) is 86.3 Å². The van der Waals surface area contributed by atoms with Crippen LogP contribution in [0.2, 0.25) is 0 Å². The number of ether oxygens (including phenoxy) is 2. The molecule has 18 nitrogen and oxygen atoms in total. The van der Waals surface area contributed by atoms with Crippen LogP contribution in [0.4, 0.5) is 15.3 Å². The van der Waals surface area contributed by atoms with Gasteiger partial charge >= 0.3 is 12.2 Å². The summed E-state index contributed by atoms with van der Waals surface area (Å²) in [6, 6.07) is 1.61. The number of unbranched alkanes of at least 4 members (excludes halogenated alkanes) is 3. The molecular formula is C37H57N7O11. The lowest BCUT2D eigenvalue weighted by Crippen LogP contribution is -2.55. The van der Waals surface area contributed by atoms with Crippen molar-refractivity contribution in [2.45, 2.75) is 130 Å². The number of benzene rings is 1. The molecule has 1 heterocycles. The minimum absolute atomic E-state index is 0.0639. The fourth-order valence-electron chi connectivity index (χ4n) is 5.57. The topological polar surface area (TPSA) is 236 Å². The molecule has 1 fully saturated rings. The average molecular weight is 776 g/mol. The number of hydrogen-bond acceptors (Lipinski definition) is 11. The third kappa shape index (κ3) is 16.7. The van der Waals surface area contributed by atoms with Crippen LogP contribution in [0.3, 0.4) is 0 Å². The minimum atomic E-state index is -1.03. The number of amides is 6. The van der Waals surface area contributed by atoms with E-state index in [0.717, 1.165) is 25.7 Å². The number of nitrogens with one attached hydrogen (secondary N) is 4. The molecule has 1 saturated heterocycles. The molecule has 6 amide bonds. The predicted molar refractivity (Wildman–Crippen MR) is 201 cm³/mol. The number of alkyl carbamates (subject to hydrolysis) is 1. The Balaban J connectivity index is 1.73. The second kappa shape index (κ2) is 22.2. The molecule has 0 bridgehead atoms. The Morgan fingerprint density at radius 1 is 0.873 bits per heavy atom. The zero-order chi connectivity index (χ0) is 41.3. The highest BCUT2D eigenvalue weighted by Gasteiger charge is 2.38. The van der Waals surface area contributed by atoms with Gasteiger partial charge in [0.2, 0.25) is 23.6 Å². The summed E-state index contributed by atoms with van der Waals surface area (Å²) in [5.41, 5.74) is -0.724. The van der Waals surface area contributed by atoms with Gasteiger partial charge in [0.15, 0.2) is 5.78 Å². The Labute approximate surface area is 321 Å². The quantitative estimate of drug-likeness (QED) is 0.0852. The van der Waals surface area contributed by atoms with Crippen LogP contribution in [0, 0.1) is 10.1 Å². The highest BCUT2D eigenvalue weighted by molar-refractivity contribution is 5.96. The summed E-state index contributed by atoms with van der Waals surface area (Å²) in [7, 11) is 0. The van der Waals surface area contributed by atoms with E-state index < -0.39 is 70.4 Å². The van der Waals surface area contributed by atoms with E-state index in [-0.39, 0.29) is 43.3 Å². The van der Waals surface area contributed by atoms with Crippen LogP contribution in [0.5, 0.6) is 5.75 Å². The van der Waals surface area contributed by atoms with E-state index in [1.807, 2.05) is 0 Å². The number of nitro groups is 1. The molecule has 0 unspecified atom stereocenters. The molecule has 0 saturated carbocycles. The van der Waals surface area contributed by atoms with Crippen LogP contribution in [0.1, 0.15) is 99.8 Å². The van der Waals surface area contributed by atoms with Crippen molar-refractivity contribution in [1.82, 2.24) is 31.1 Å². The van der Waals surface area contributed by atoms with Gasteiger partial charge in [0.05, 0.1) is 17.5 Å². The summed E-state index contributed by atoms with van der Waals surface area (Å²) in [5.74, 6) is -2.27. The number of carbonyl (C=O) groups is 7. The molecule has 0 spiro atoms. The molecule has 306 valence electrons. The fourth-order valence-corrected chi connectivity index (χ4v) is 5.57. The summed E-state index contributed by atoms with van der Waals surface area (Å²) >= 11 is 0. The number of non-ortho nitro benzene ring substituents is 1. The van der Waals surface area contributed by atoms with E-state index in [1.165, 1.54) is 47.9 Å². The molecular weight excluding hydrogens is 718 g/mol. The number of Topliss-reactive ketones (excluding diaryl/α,β-unsaturated/α-hetero) is 1. The average Bonchev–Trinajstić information content (AvgIpc) is 3.60. The lowest BCUT2D eigenvalue weighted by atomic mass is 10.1. The van der Waals surface area contributed by atoms with E-state index in [2.05, 4.69) is 21.3 Å². The zero-order valence-electron chi connectivity index (χ0n) is 32.9. The Kier molecular flexibility index (Phi) is 18.5. The van der Waals surface area contributed by atoms with Gasteiger partial charge in [0.25, 0.3) is 5.69 Å². The molecule has 4 N–H and O–H groups in total. The Bertz CT molecular complexity index is 1510. The maximum absolute atomic E-state index is 13.4. The highest BCUT2D eigenvalue weighted by atomic mass is 16.6. The number of nitrogens with zero attached hydrogens (tertiary/aromatic N) is 3. The fraction of sp³-hybridized carbons (Fsp3) is 0.649. The van der Waals surface area contributed by atoms with Crippen molar-refractivity contribution in [2.75, 3.05) is 26.2 Å². The van der Waals surface area contributed by atoms with E-state index in [9.17, 15) is 43.7 Å². The van der Waals surface area contributed by atoms with Gasteiger partial charge in [-0.3, -0.25) is 39.0 Å². The van der Waals surface area contributed by atoms with Crippen molar-refractivity contribution in [2.24, 2.45) is 0 Å². The van der Waals surface area contributed by atoms with Gasteiger partial charge in [-0.25, -0.2) is 9.59 Å². The number of hydrogen-bond donors (Lipinski definition) is 4. The molecule has 55 heavy (non-hydrogen) atoms. The number of carbonyl (C=O) groups excluding carboxylic acids is 7. The number of rotatable bonds is 20. The van der Waals surface area contributed by atoms with Gasteiger partial charge in [0.1, 0.15) is 23.4 Å². The maximum Gasteiger partial charge on any atom is 0.415 e. The van der Waals surface area contributed by atoms with Crippen LogP contribution in [-0.4, -0.2) is 112 Å². The second-order valence-electron chi connectivity index (χ2n) is 14.7. The first-order valence-electron chi connectivity index (χ1n) is 18.7. The first kappa shape index (κ1) is 45.9. The van der Waals surface area contributed by atoms with Crippen LogP contribution in [0.25, 0.3) is 0 Å². The standard InChI is InChI=1S/C37H57N7O11/c1-24(2)43(36(51)54-28-16-14-27(15-17-28)44(52)53)23-30(45)29-13-12-22-42(29)34(49)26(4)41-33(48)25(3)40-32(47)19-18-31(46)38-20-10-8-9-11-21-39-35(50)55-37(5,6)7/h14-17,24-26,29H,8-13,18-23H2,1-7H3,(H,38,46)(H,39,50)(H,40,47)(H,41,48)/t25-,26-,29-/m0/s1. The van der Waals surface area contributed by atoms with Gasteiger partial charge in [0, 0.05) is 50.7 Å². The van der Waals surface area contributed by atoms with E-state index in [4.69, 9.17) is 9.47 Å². The van der Waals surface area contributed by atoms with E-state index >= 15 is 0 Å². The molecule has 1 aromatic carbocycles. The molecule has 0 radical (unpaired) electrons. The van der Waals surface area contributed by atoms with Crippen molar-refractivity contribution in [3.8, 4) is 5.75 Å². The second-order valence-corrected chi connectivity index (χ2v) is 14.7. The van der Waals surface area contributed by atoms with Crippen molar-refractivity contribution in [1.29, 1.82) is 0 Å². The summed E-state index contributed by atoms with van der Waals surface area (Å²) in [6.45, 7) is 12.6. The zero-order valence-corrected chi connectivity index (χ0v) is 32.9. The minimum Gasteiger partial charge on any atom is -0.444 e. The molecule has 1 aliphatic heterocycles. The largest absolute Gasteiger partial charge is 0.444 e. The lowest BCUT2D eigenvalue weighted by Gasteiger charge is -2.30. The smallest absolute Gasteiger partial charge is 0.415 e. The normalized spacial score (nSPS) is 15.0. The summed E-state index contributed by atoms with van der Waals surface area (Å²) < 4.78 is 10.5. The third-order valence-electron chi connectivity index (χ3n) is 8.52. The monoisotopic (exact) mass is 775 g/mol. The van der Waals surface area contributed by atoms with Crippen molar-refractivity contribution < 1.29 is 48.0 Å². The first-order valence-corrected chi connectivity index (χ1v) is 18.7. The summed E-state index contributed by atoms with van der Waals surface area (Å²) in [4.78, 5) is 102. The Morgan fingerprint density at radius 2 is 1.47 bits per heavy atom. The van der Waals surface area contributed by atoms with Crippen LogP contribution in [0.15, 0.2) is 24.3 Å². The Morgan fingerprint density at radius 3 is 2.05 bits per heavy atom. The van der Waals surface area contributed by atoms with Crippen molar-refractivity contribution in [3.63, 3.8) is 0 Å². The Hall–Kier alpha value is -5.29. The summed E-state index contributed by atoms with van der Waals surface area (Å²) in [6.07, 6.45) is 2.63. The molecule has 3 atom stereocenters. The number of nitro benzene ring substituents is 1. The number of ketones is 1. The molecule has 0 aromatic heterocycles. The van der Waals surface area contributed by atoms with Crippen LogP contribution >= 0.6 is 0 Å². The number of likely N-dealkylation sites (tertiary alicyclic amines) is 1. The lowest BCUT2D eigenvalue weighted by molar-refractivity contribution is -0.384. The molecule has 1 aromatic rings. The highest BCUT2D eigenvalue weighted by Crippen LogP contribution is 2.22. The van der Waals surface area contributed by atoms with E-state index in [0.29, 0.717) is 25.9 Å².